The molecule has 2 aliphatic rings. The molecule has 0 saturated carbocycles. The topological polar surface area (TPSA) is 75.7 Å². The second kappa shape index (κ2) is 6.57. The van der Waals surface area contributed by atoms with Crippen molar-refractivity contribution in [1.82, 2.24) is 9.47 Å². The van der Waals surface area contributed by atoms with Gasteiger partial charge in [-0.15, -0.1) is 0 Å². The molecule has 3 heterocycles. The Bertz CT molecular complexity index is 887. The number of nitro groups is 1. The number of aromatic nitrogens is 1. The molecule has 2 atom stereocenters. The van der Waals surface area contributed by atoms with Crippen LogP contribution in [0.15, 0.2) is 47.6 Å². The first-order valence-corrected chi connectivity index (χ1v) is 8.97. The maximum Gasteiger partial charge on any atom is 0.332 e. The molecule has 2 aromatic rings. The summed E-state index contributed by atoms with van der Waals surface area (Å²) in [5.74, 6) is 0. The molecule has 1 aromatic carbocycles. The van der Waals surface area contributed by atoms with Crippen LogP contribution in [0, 0.1) is 10.1 Å². The number of nitrogens with zero attached hydrogens (tertiary/aromatic N) is 4. The number of anilines is 1. The monoisotopic (exact) mass is 353 g/mol. The summed E-state index contributed by atoms with van der Waals surface area (Å²) in [4.78, 5) is 17.7. The van der Waals surface area contributed by atoms with Crippen molar-refractivity contribution in [2.24, 2.45) is 4.99 Å². The van der Waals surface area contributed by atoms with Crippen molar-refractivity contribution in [2.75, 3.05) is 25.5 Å². The molecule has 0 spiro atoms. The minimum Gasteiger partial charge on any atom is -0.346 e. The molecular weight excluding hydrogens is 330 g/mol. The quantitative estimate of drug-likeness (QED) is 0.509. The van der Waals surface area contributed by atoms with Gasteiger partial charge in [-0.3, -0.25) is 15.1 Å². The highest BCUT2D eigenvalue weighted by Crippen LogP contribution is 2.26. The summed E-state index contributed by atoms with van der Waals surface area (Å²) in [7, 11) is 2.18. The minimum atomic E-state index is -1.38. The van der Waals surface area contributed by atoms with Crippen molar-refractivity contribution < 1.29 is 4.92 Å². The molecule has 26 heavy (non-hydrogen) atoms. The van der Waals surface area contributed by atoms with Gasteiger partial charge in [0.15, 0.2) is 0 Å². The number of likely N-dealkylation sites (N-methyl/N-ethyl adjacent to an activating group) is 1. The smallest absolute Gasteiger partial charge is 0.332 e. The summed E-state index contributed by atoms with van der Waals surface area (Å²) in [5.41, 5.74) is 0.507. The third-order valence-corrected chi connectivity index (χ3v) is 5.43. The summed E-state index contributed by atoms with van der Waals surface area (Å²) in [6.07, 6.45) is 9.36. The molecule has 2 unspecified atom stereocenters. The number of hydrogen-bond donors (Lipinski definition) is 1. The van der Waals surface area contributed by atoms with Crippen molar-refractivity contribution >= 4 is 22.8 Å². The summed E-state index contributed by atoms with van der Waals surface area (Å²) in [6.45, 7) is 2.23. The lowest BCUT2D eigenvalue weighted by Crippen LogP contribution is -2.48. The van der Waals surface area contributed by atoms with Crippen molar-refractivity contribution in [3.05, 3.63) is 52.7 Å². The van der Waals surface area contributed by atoms with Gasteiger partial charge in [-0.1, -0.05) is 0 Å². The van der Waals surface area contributed by atoms with Crippen LogP contribution >= 0.6 is 0 Å². The Hall–Kier alpha value is -2.67. The number of fused-ring (bicyclic) bond motifs is 1. The first-order chi connectivity index (χ1) is 12.6. The van der Waals surface area contributed by atoms with Gasteiger partial charge in [0.25, 0.3) is 0 Å². The minimum absolute atomic E-state index is 0.0869. The van der Waals surface area contributed by atoms with Gasteiger partial charge < -0.3 is 14.8 Å². The average Bonchev–Trinajstić information content (AvgIpc) is 3.22. The summed E-state index contributed by atoms with van der Waals surface area (Å²) in [6, 6.07) is 8.57. The molecule has 7 nitrogen and oxygen atoms in total. The molecular formula is C19H23N5O2. The molecule has 0 amide bonds. The van der Waals surface area contributed by atoms with E-state index in [4.69, 9.17) is 0 Å². The van der Waals surface area contributed by atoms with E-state index in [9.17, 15) is 10.1 Å². The molecule has 136 valence electrons. The Labute approximate surface area is 152 Å². The highest BCUT2D eigenvalue weighted by molar-refractivity contribution is 5.84. The number of allylic oxidation sites excluding steroid dienone is 1. The van der Waals surface area contributed by atoms with Gasteiger partial charge in [0.2, 0.25) is 0 Å². The van der Waals surface area contributed by atoms with E-state index in [-0.39, 0.29) is 11.5 Å². The maximum atomic E-state index is 11.6. The predicted octanol–water partition coefficient (Wildman–Crippen LogP) is 2.76. The molecule has 1 aromatic heterocycles. The Morgan fingerprint density at radius 1 is 1.42 bits per heavy atom. The van der Waals surface area contributed by atoms with E-state index in [2.05, 4.69) is 39.1 Å². The second-order valence-electron chi connectivity index (χ2n) is 7.17. The maximum absolute atomic E-state index is 11.6. The second-order valence-corrected chi connectivity index (χ2v) is 7.17. The molecule has 1 fully saturated rings. The van der Waals surface area contributed by atoms with E-state index in [0.29, 0.717) is 6.04 Å². The molecule has 4 rings (SSSR count). The molecule has 0 radical (unpaired) electrons. The highest BCUT2D eigenvalue weighted by atomic mass is 16.6. The van der Waals surface area contributed by atoms with Crippen LogP contribution in [-0.2, 0) is 6.54 Å². The van der Waals surface area contributed by atoms with Crippen LogP contribution in [0.4, 0.5) is 5.69 Å². The van der Waals surface area contributed by atoms with E-state index in [1.165, 1.54) is 12.8 Å². The van der Waals surface area contributed by atoms with E-state index >= 15 is 0 Å². The van der Waals surface area contributed by atoms with E-state index in [0.717, 1.165) is 29.7 Å². The van der Waals surface area contributed by atoms with Crippen LogP contribution in [0.1, 0.15) is 12.8 Å². The Balaban J connectivity index is 1.58. The summed E-state index contributed by atoms with van der Waals surface area (Å²) in [5, 5.41) is 15.7. The van der Waals surface area contributed by atoms with Crippen molar-refractivity contribution in [1.29, 1.82) is 0 Å². The Morgan fingerprint density at radius 3 is 3.00 bits per heavy atom. The number of aliphatic imine (C=N–C) groups is 1. The largest absolute Gasteiger partial charge is 0.346 e. The molecule has 1 N–H and O–H groups in total. The average molecular weight is 353 g/mol. The normalized spacial score (nSPS) is 25.8. The molecule has 0 bridgehead atoms. The standard InChI is InChI=1S/C19H23N5O2/c1-22-10-2-4-17(22)13-23-11-7-15-12-16(5-6-18(15)23)21-19(24(25)26)8-3-9-20-14-19/h3,5-9,11-12,17,21H,2,4,10,13-14H2,1H3. The zero-order chi connectivity index (χ0) is 18.1. The van der Waals surface area contributed by atoms with E-state index in [1.54, 1.807) is 18.4 Å². The molecule has 1 saturated heterocycles. The van der Waals surface area contributed by atoms with Crippen molar-refractivity contribution in [3.63, 3.8) is 0 Å². The third-order valence-electron chi connectivity index (χ3n) is 5.43. The number of dihydropyridines is 1. The van der Waals surface area contributed by atoms with Crippen LogP contribution in [-0.4, -0.2) is 52.4 Å². The predicted molar refractivity (Wildman–Crippen MR) is 103 cm³/mol. The fourth-order valence-electron chi connectivity index (χ4n) is 3.88. The first kappa shape index (κ1) is 16.8. The number of rotatable bonds is 5. The molecule has 2 aliphatic heterocycles. The number of nitrogens with one attached hydrogen (secondary N) is 1. The molecule has 7 heteroatoms. The van der Waals surface area contributed by atoms with Gasteiger partial charge in [-0.05, 0) is 56.8 Å². The lowest BCUT2D eigenvalue weighted by atomic mass is 10.1. The zero-order valence-electron chi connectivity index (χ0n) is 14.8. The van der Waals surface area contributed by atoms with Gasteiger partial charge in [0.05, 0.1) is 4.92 Å². The van der Waals surface area contributed by atoms with Crippen LogP contribution in [0.3, 0.4) is 0 Å². The summed E-state index contributed by atoms with van der Waals surface area (Å²) >= 11 is 0. The van der Waals surface area contributed by atoms with Crippen LogP contribution in [0.2, 0.25) is 0 Å². The fourth-order valence-corrected chi connectivity index (χ4v) is 3.88. The van der Waals surface area contributed by atoms with Gasteiger partial charge in [0.1, 0.15) is 6.54 Å². The van der Waals surface area contributed by atoms with Crippen LogP contribution < -0.4 is 5.32 Å². The first-order valence-electron chi connectivity index (χ1n) is 8.97. The van der Waals surface area contributed by atoms with Crippen molar-refractivity contribution in [3.8, 4) is 0 Å². The number of hydrogen-bond acceptors (Lipinski definition) is 5. The van der Waals surface area contributed by atoms with Crippen LogP contribution in [0.5, 0.6) is 0 Å². The fraction of sp³-hybridized carbons (Fsp3) is 0.421. The highest BCUT2D eigenvalue weighted by Gasteiger charge is 2.41. The zero-order valence-corrected chi connectivity index (χ0v) is 14.8. The number of benzene rings is 1. The lowest BCUT2D eigenvalue weighted by Gasteiger charge is -2.24. The van der Waals surface area contributed by atoms with Crippen molar-refractivity contribution in [2.45, 2.75) is 31.1 Å². The van der Waals surface area contributed by atoms with Gasteiger partial charge in [-0.2, -0.15) is 0 Å². The van der Waals surface area contributed by atoms with E-state index in [1.807, 2.05) is 18.2 Å². The number of likely N-dealkylation sites (tertiary alicyclic amines) is 1. The molecule has 0 aliphatic carbocycles. The van der Waals surface area contributed by atoms with Gasteiger partial charge in [-0.25, -0.2) is 0 Å². The summed E-state index contributed by atoms with van der Waals surface area (Å²) < 4.78 is 2.28. The van der Waals surface area contributed by atoms with Gasteiger partial charge in [0, 0.05) is 47.7 Å². The Kier molecular flexibility index (Phi) is 4.24. The Morgan fingerprint density at radius 2 is 2.31 bits per heavy atom. The van der Waals surface area contributed by atoms with Crippen LogP contribution in [0.25, 0.3) is 10.9 Å². The van der Waals surface area contributed by atoms with E-state index < -0.39 is 5.66 Å². The SMILES string of the molecule is CN1CCCC1Cn1ccc2cc(NC3([N+](=O)[O-])C=CC=NC3)ccc21. The third kappa shape index (κ3) is 2.99. The lowest BCUT2D eigenvalue weighted by molar-refractivity contribution is -0.543. The van der Waals surface area contributed by atoms with Gasteiger partial charge >= 0.3 is 5.66 Å².